The Bertz CT molecular complexity index is 795. The number of esters is 1. The SMILES string of the molecule is COC(=O)c1cccc2nc(-c3ccccc3N)nn12. The van der Waals surface area contributed by atoms with Gasteiger partial charge in [0.15, 0.2) is 17.2 Å². The van der Waals surface area contributed by atoms with Gasteiger partial charge in [-0.15, -0.1) is 5.10 Å². The lowest BCUT2D eigenvalue weighted by Crippen LogP contribution is -2.08. The van der Waals surface area contributed by atoms with Crippen LogP contribution < -0.4 is 5.73 Å². The van der Waals surface area contributed by atoms with E-state index in [0.717, 1.165) is 5.56 Å². The van der Waals surface area contributed by atoms with Crippen molar-refractivity contribution in [3.05, 3.63) is 48.2 Å². The second-order valence-corrected chi connectivity index (χ2v) is 4.20. The number of methoxy groups -OCH3 is 1. The zero-order valence-corrected chi connectivity index (χ0v) is 10.8. The Morgan fingerprint density at radius 3 is 2.75 bits per heavy atom. The summed E-state index contributed by atoms with van der Waals surface area (Å²) < 4.78 is 6.18. The van der Waals surface area contributed by atoms with E-state index in [0.29, 0.717) is 22.9 Å². The van der Waals surface area contributed by atoms with E-state index in [4.69, 9.17) is 10.5 Å². The van der Waals surface area contributed by atoms with Gasteiger partial charge >= 0.3 is 5.97 Å². The third kappa shape index (κ3) is 1.87. The quantitative estimate of drug-likeness (QED) is 0.565. The lowest BCUT2D eigenvalue weighted by atomic mass is 10.2. The summed E-state index contributed by atoms with van der Waals surface area (Å²) in [5, 5.41) is 4.34. The molecule has 0 aliphatic carbocycles. The van der Waals surface area contributed by atoms with Gasteiger partial charge in [-0.25, -0.2) is 14.3 Å². The number of anilines is 1. The van der Waals surface area contributed by atoms with Crippen molar-refractivity contribution in [2.45, 2.75) is 0 Å². The molecule has 1 aromatic carbocycles. The molecule has 20 heavy (non-hydrogen) atoms. The summed E-state index contributed by atoms with van der Waals surface area (Å²) in [5.41, 5.74) is 8.11. The maximum Gasteiger partial charge on any atom is 0.356 e. The van der Waals surface area contributed by atoms with Crippen molar-refractivity contribution >= 4 is 17.3 Å². The average Bonchev–Trinajstić information content (AvgIpc) is 2.90. The third-order valence-corrected chi connectivity index (χ3v) is 2.96. The van der Waals surface area contributed by atoms with E-state index in [-0.39, 0.29) is 0 Å². The first-order chi connectivity index (χ1) is 9.70. The van der Waals surface area contributed by atoms with Crippen LogP contribution >= 0.6 is 0 Å². The highest BCUT2D eigenvalue weighted by Gasteiger charge is 2.15. The third-order valence-electron chi connectivity index (χ3n) is 2.96. The molecule has 2 N–H and O–H groups in total. The summed E-state index contributed by atoms with van der Waals surface area (Å²) in [6.07, 6.45) is 0. The Labute approximate surface area is 114 Å². The summed E-state index contributed by atoms with van der Waals surface area (Å²) in [6, 6.07) is 12.4. The summed E-state index contributed by atoms with van der Waals surface area (Å²) in [5.74, 6) is 0.00698. The summed E-state index contributed by atoms with van der Waals surface area (Å²) in [7, 11) is 1.33. The van der Waals surface area contributed by atoms with Crippen LogP contribution in [0.2, 0.25) is 0 Å². The van der Waals surface area contributed by atoms with Gasteiger partial charge in [-0.1, -0.05) is 18.2 Å². The van der Waals surface area contributed by atoms with Gasteiger partial charge in [-0.05, 0) is 24.3 Å². The van der Waals surface area contributed by atoms with E-state index in [1.807, 2.05) is 18.2 Å². The molecule has 100 valence electrons. The highest BCUT2D eigenvalue weighted by molar-refractivity contribution is 5.88. The topological polar surface area (TPSA) is 82.5 Å². The number of fused-ring (bicyclic) bond motifs is 1. The first-order valence-corrected chi connectivity index (χ1v) is 5.99. The van der Waals surface area contributed by atoms with Crippen LogP contribution in [0.1, 0.15) is 10.5 Å². The van der Waals surface area contributed by atoms with Gasteiger partial charge in [0.05, 0.1) is 7.11 Å². The van der Waals surface area contributed by atoms with Gasteiger partial charge in [-0.2, -0.15) is 0 Å². The number of pyridine rings is 1. The van der Waals surface area contributed by atoms with E-state index in [1.54, 1.807) is 24.3 Å². The van der Waals surface area contributed by atoms with Crippen LogP contribution in [0.15, 0.2) is 42.5 Å². The number of benzene rings is 1. The van der Waals surface area contributed by atoms with Crippen LogP contribution in [0.3, 0.4) is 0 Å². The van der Waals surface area contributed by atoms with Crippen LogP contribution in [0.4, 0.5) is 5.69 Å². The number of ether oxygens (including phenoxy) is 1. The molecule has 0 unspecified atom stereocenters. The molecule has 0 spiro atoms. The van der Waals surface area contributed by atoms with Gasteiger partial charge in [0.25, 0.3) is 0 Å². The lowest BCUT2D eigenvalue weighted by Gasteiger charge is -2.01. The molecule has 2 aromatic heterocycles. The predicted octanol–water partition coefficient (Wildman–Crippen LogP) is 1.77. The maximum absolute atomic E-state index is 11.7. The Morgan fingerprint density at radius 2 is 2.00 bits per heavy atom. The molecule has 0 aliphatic rings. The molecule has 0 saturated carbocycles. The number of nitrogen functional groups attached to an aromatic ring is 1. The van der Waals surface area contributed by atoms with Crippen LogP contribution in [0.5, 0.6) is 0 Å². The molecular formula is C14H12N4O2. The Hall–Kier alpha value is -2.89. The Kier molecular flexibility index (Phi) is 2.83. The summed E-state index contributed by atoms with van der Waals surface area (Å²) >= 11 is 0. The van der Waals surface area contributed by atoms with Gasteiger partial charge in [0.1, 0.15) is 0 Å². The van der Waals surface area contributed by atoms with E-state index < -0.39 is 5.97 Å². The fraction of sp³-hybridized carbons (Fsp3) is 0.0714. The summed E-state index contributed by atoms with van der Waals surface area (Å²) in [4.78, 5) is 16.1. The largest absolute Gasteiger partial charge is 0.464 e. The van der Waals surface area contributed by atoms with E-state index >= 15 is 0 Å². The molecule has 6 heteroatoms. The normalized spacial score (nSPS) is 10.7. The monoisotopic (exact) mass is 268 g/mol. The Balaban J connectivity index is 2.21. The molecule has 0 amide bonds. The van der Waals surface area contributed by atoms with Crippen molar-refractivity contribution < 1.29 is 9.53 Å². The predicted molar refractivity (Wildman–Crippen MR) is 74.2 cm³/mol. The van der Waals surface area contributed by atoms with Gasteiger partial charge in [0, 0.05) is 11.3 Å². The minimum Gasteiger partial charge on any atom is -0.464 e. The fourth-order valence-corrected chi connectivity index (χ4v) is 1.98. The summed E-state index contributed by atoms with van der Waals surface area (Å²) in [6.45, 7) is 0. The second-order valence-electron chi connectivity index (χ2n) is 4.20. The minimum absolute atomic E-state index is 0.318. The molecule has 3 aromatic rings. The number of hydrogen-bond donors (Lipinski definition) is 1. The van der Waals surface area contributed by atoms with Gasteiger partial charge < -0.3 is 10.5 Å². The number of carbonyl (C=O) groups is 1. The average molecular weight is 268 g/mol. The number of rotatable bonds is 2. The standard InChI is InChI=1S/C14H12N4O2/c1-20-14(19)11-7-4-8-12-16-13(17-18(11)12)9-5-2-3-6-10(9)15/h2-8H,15H2,1H3. The van der Waals surface area contributed by atoms with Crippen LogP contribution in [-0.2, 0) is 4.74 Å². The van der Waals surface area contributed by atoms with E-state index in [9.17, 15) is 4.79 Å². The second kappa shape index (κ2) is 4.65. The minimum atomic E-state index is -0.465. The lowest BCUT2D eigenvalue weighted by molar-refractivity contribution is 0.0591. The van der Waals surface area contributed by atoms with Crippen molar-refractivity contribution in [1.82, 2.24) is 14.6 Å². The number of para-hydroxylation sites is 1. The molecule has 2 heterocycles. The maximum atomic E-state index is 11.7. The number of hydrogen-bond acceptors (Lipinski definition) is 5. The van der Waals surface area contributed by atoms with E-state index in [1.165, 1.54) is 11.6 Å². The van der Waals surface area contributed by atoms with Crippen molar-refractivity contribution in [2.24, 2.45) is 0 Å². The van der Waals surface area contributed by atoms with Crippen molar-refractivity contribution in [1.29, 1.82) is 0 Å². The molecule has 0 saturated heterocycles. The van der Waals surface area contributed by atoms with Crippen LogP contribution in [0.25, 0.3) is 17.0 Å². The van der Waals surface area contributed by atoms with Gasteiger partial charge in [0.2, 0.25) is 0 Å². The zero-order valence-electron chi connectivity index (χ0n) is 10.8. The molecule has 0 atom stereocenters. The van der Waals surface area contributed by atoms with E-state index in [2.05, 4.69) is 10.1 Å². The highest BCUT2D eigenvalue weighted by Crippen LogP contribution is 2.23. The van der Waals surface area contributed by atoms with Crippen molar-refractivity contribution in [3.8, 4) is 11.4 Å². The molecule has 0 fully saturated rings. The number of nitrogens with zero attached hydrogens (tertiary/aromatic N) is 3. The van der Waals surface area contributed by atoms with Crippen molar-refractivity contribution in [2.75, 3.05) is 12.8 Å². The first-order valence-electron chi connectivity index (χ1n) is 5.99. The number of nitrogens with two attached hydrogens (primary N) is 1. The number of aromatic nitrogens is 3. The smallest absolute Gasteiger partial charge is 0.356 e. The fourth-order valence-electron chi connectivity index (χ4n) is 1.98. The molecule has 6 nitrogen and oxygen atoms in total. The molecule has 0 radical (unpaired) electrons. The zero-order chi connectivity index (χ0) is 14.1. The van der Waals surface area contributed by atoms with Gasteiger partial charge in [-0.3, -0.25) is 0 Å². The van der Waals surface area contributed by atoms with Crippen LogP contribution in [0, 0.1) is 0 Å². The molecular weight excluding hydrogens is 256 g/mol. The Morgan fingerprint density at radius 1 is 1.20 bits per heavy atom. The molecule has 3 rings (SSSR count). The highest BCUT2D eigenvalue weighted by atomic mass is 16.5. The molecule has 0 aliphatic heterocycles. The van der Waals surface area contributed by atoms with Crippen molar-refractivity contribution in [3.63, 3.8) is 0 Å². The van der Waals surface area contributed by atoms with Crippen LogP contribution in [-0.4, -0.2) is 27.7 Å². The number of carbonyl (C=O) groups excluding carboxylic acids is 1. The molecule has 0 bridgehead atoms. The first kappa shape index (κ1) is 12.2.